The second-order valence-corrected chi connectivity index (χ2v) is 9.21. The summed E-state index contributed by atoms with van der Waals surface area (Å²) in [5.74, 6) is -0.474. The number of carbonyl (C=O) groups is 3. The standard InChI is InChI=1S/C27H29NO7/c1-4-34-26(31)27-13-12-18(35-25(30)16-8-6-5-7-9-16)21-20-17(10-11-19(32-2)22(20)33-3)24(29)28(15-14-27)23(21)27/h5-11,18,21,23H,4,12-15H2,1-3H3/t18-,21+,23-,27+/m1/s1. The van der Waals surface area contributed by atoms with Gasteiger partial charge in [0.25, 0.3) is 5.91 Å². The average molecular weight is 480 g/mol. The number of methoxy groups -OCH3 is 2. The summed E-state index contributed by atoms with van der Waals surface area (Å²) in [6.07, 6.45) is 0.862. The lowest BCUT2D eigenvalue weighted by molar-refractivity contribution is -0.161. The maximum Gasteiger partial charge on any atom is 0.338 e. The van der Waals surface area contributed by atoms with Gasteiger partial charge in [-0.05, 0) is 50.5 Å². The van der Waals surface area contributed by atoms with E-state index >= 15 is 0 Å². The minimum atomic E-state index is -0.863. The lowest BCUT2D eigenvalue weighted by Crippen LogP contribution is -2.59. The number of rotatable bonds is 6. The second kappa shape index (κ2) is 8.91. The third-order valence-electron chi connectivity index (χ3n) is 7.67. The van der Waals surface area contributed by atoms with Crippen molar-refractivity contribution in [1.82, 2.24) is 4.90 Å². The molecule has 35 heavy (non-hydrogen) atoms. The quantitative estimate of drug-likeness (QED) is 0.585. The Balaban J connectivity index is 1.66. The summed E-state index contributed by atoms with van der Waals surface area (Å²) < 4.78 is 22.9. The first-order chi connectivity index (χ1) is 17.0. The van der Waals surface area contributed by atoms with Crippen molar-refractivity contribution in [3.05, 3.63) is 59.2 Å². The molecule has 0 aromatic heterocycles. The van der Waals surface area contributed by atoms with E-state index in [2.05, 4.69) is 0 Å². The molecule has 2 aromatic rings. The molecule has 3 aliphatic rings. The number of amides is 1. The normalized spacial score (nSPS) is 26.4. The van der Waals surface area contributed by atoms with Crippen LogP contribution in [-0.4, -0.2) is 62.3 Å². The molecule has 0 spiro atoms. The van der Waals surface area contributed by atoms with Crippen molar-refractivity contribution >= 4 is 17.8 Å². The van der Waals surface area contributed by atoms with Crippen LogP contribution in [0.25, 0.3) is 0 Å². The smallest absolute Gasteiger partial charge is 0.338 e. The van der Waals surface area contributed by atoms with Crippen molar-refractivity contribution in [3.63, 3.8) is 0 Å². The van der Waals surface area contributed by atoms with Crippen LogP contribution < -0.4 is 9.47 Å². The Bertz CT molecular complexity index is 1160. The van der Waals surface area contributed by atoms with Crippen LogP contribution in [0.1, 0.15) is 58.4 Å². The first-order valence-electron chi connectivity index (χ1n) is 12.0. The highest BCUT2D eigenvalue weighted by Crippen LogP contribution is 2.59. The molecule has 2 fully saturated rings. The predicted molar refractivity (Wildman–Crippen MR) is 126 cm³/mol. The first-order valence-corrected chi connectivity index (χ1v) is 12.0. The summed E-state index contributed by atoms with van der Waals surface area (Å²) in [7, 11) is 3.06. The fourth-order valence-corrected chi connectivity index (χ4v) is 6.20. The van der Waals surface area contributed by atoms with Gasteiger partial charge in [0.2, 0.25) is 0 Å². The Labute approximate surface area is 204 Å². The van der Waals surface area contributed by atoms with Gasteiger partial charge in [0.1, 0.15) is 6.10 Å². The molecule has 0 N–H and O–H groups in total. The molecule has 8 nitrogen and oxygen atoms in total. The zero-order chi connectivity index (χ0) is 24.7. The van der Waals surface area contributed by atoms with E-state index in [9.17, 15) is 14.4 Å². The van der Waals surface area contributed by atoms with Gasteiger partial charge in [0.15, 0.2) is 11.5 Å². The first kappa shape index (κ1) is 23.2. The van der Waals surface area contributed by atoms with Crippen LogP contribution in [0.5, 0.6) is 11.5 Å². The molecule has 2 heterocycles. The Kier molecular flexibility index (Phi) is 5.91. The van der Waals surface area contributed by atoms with Gasteiger partial charge in [0, 0.05) is 23.6 Å². The van der Waals surface area contributed by atoms with Crippen molar-refractivity contribution in [2.45, 2.75) is 44.2 Å². The van der Waals surface area contributed by atoms with Crippen molar-refractivity contribution in [2.75, 3.05) is 27.4 Å². The Morgan fingerprint density at radius 3 is 2.51 bits per heavy atom. The van der Waals surface area contributed by atoms with Gasteiger partial charge in [0.05, 0.1) is 37.8 Å². The molecular weight excluding hydrogens is 450 g/mol. The number of esters is 2. The number of fused-ring (bicyclic) bond motifs is 2. The van der Waals surface area contributed by atoms with Crippen LogP contribution in [0.4, 0.5) is 0 Å². The molecule has 1 aliphatic carbocycles. The zero-order valence-corrected chi connectivity index (χ0v) is 20.1. The van der Waals surface area contributed by atoms with Gasteiger partial charge in [-0.3, -0.25) is 9.59 Å². The van der Waals surface area contributed by atoms with Crippen molar-refractivity contribution in [2.24, 2.45) is 5.41 Å². The summed E-state index contributed by atoms with van der Waals surface area (Å²) in [6, 6.07) is 11.7. The van der Waals surface area contributed by atoms with Gasteiger partial charge >= 0.3 is 11.9 Å². The zero-order valence-electron chi connectivity index (χ0n) is 20.1. The van der Waals surface area contributed by atoms with Crippen LogP contribution in [0.15, 0.2) is 42.5 Å². The van der Waals surface area contributed by atoms with Crippen molar-refractivity contribution in [3.8, 4) is 11.5 Å². The van der Waals surface area contributed by atoms with E-state index in [-0.39, 0.29) is 18.5 Å². The molecular formula is C27H29NO7. The fraction of sp³-hybridized carbons (Fsp3) is 0.444. The minimum absolute atomic E-state index is 0.164. The molecule has 8 heteroatoms. The molecule has 4 atom stereocenters. The van der Waals surface area contributed by atoms with Crippen molar-refractivity contribution < 1.29 is 33.3 Å². The lowest BCUT2D eigenvalue weighted by atomic mass is 9.61. The number of hydrogen-bond donors (Lipinski definition) is 0. The van der Waals surface area contributed by atoms with E-state index in [1.165, 1.54) is 14.2 Å². The number of carbonyl (C=O) groups excluding carboxylic acids is 3. The summed E-state index contributed by atoms with van der Waals surface area (Å²) in [5.41, 5.74) is 0.686. The van der Waals surface area contributed by atoms with Crippen LogP contribution in [0.3, 0.4) is 0 Å². The number of benzene rings is 2. The topological polar surface area (TPSA) is 91.4 Å². The maximum atomic E-state index is 13.6. The average Bonchev–Trinajstić information content (AvgIpc) is 3.29. The number of hydrogen-bond acceptors (Lipinski definition) is 7. The lowest BCUT2D eigenvalue weighted by Gasteiger charge is -2.50. The van der Waals surface area contributed by atoms with Crippen LogP contribution >= 0.6 is 0 Å². The van der Waals surface area contributed by atoms with Gasteiger partial charge < -0.3 is 23.8 Å². The molecule has 0 radical (unpaired) electrons. The predicted octanol–water partition coefficient (Wildman–Crippen LogP) is 3.58. The summed E-state index contributed by atoms with van der Waals surface area (Å²) in [6.45, 7) is 2.47. The molecule has 2 aliphatic heterocycles. The van der Waals surface area contributed by atoms with Gasteiger partial charge in [-0.2, -0.15) is 0 Å². The summed E-state index contributed by atoms with van der Waals surface area (Å²) in [5, 5.41) is 0. The highest BCUT2D eigenvalue weighted by atomic mass is 16.5. The third kappa shape index (κ3) is 3.46. The number of ether oxygens (including phenoxy) is 4. The molecule has 1 amide bonds. The van der Waals surface area contributed by atoms with Crippen molar-refractivity contribution in [1.29, 1.82) is 0 Å². The summed E-state index contributed by atoms with van der Waals surface area (Å²) >= 11 is 0. The van der Waals surface area contributed by atoms with Crippen LogP contribution in [0.2, 0.25) is 0 Å². The van der Waals surface area contributed by atoms with Crippen LogP contribution in [0, 0.1) is 5.41 Å². The van der Waals surface area contributed by atoms with E-state index in [0.717, 1.165) is 0 Å². The molecule has 5 rings (SSSR count). The minimum Gasteiger partial charge on any atom is -0.493 e. The van der Waals surface area contributed by atoms with Gasteiger partial charge in [-0.15, -0.1) is 0 Å². The second-order valence-electron chi connectivity index (χ2n) is 9.21. The third-order valence-corrected chi connectivity index (χ3v) is 7.67. The van der Waals surface area contributed by atoms with E-state index in [4.69, 9.17) is 18.9 Å². The summed E-state index contributed by atoms with van der Waals surface area (Å²) in [4.78, 5) is 41.8. The molecule has 184 valence electrons. The highest BCUT2D eigenvalue weighted by Gasteiger charge is 2.65. The Hall–Kier alpha value is -3.55. The molecule has 0 bridgehead atoms. The largest absolute Gasteiger partial charge is 0.493 e. The molecule has 0 unspecified atom stereocenters. The maximum absolute atomic E-state index is 13.6. The molecule has 1 saturated carbocycles. The molecule has 2 aromatic carbocycles. The Morgan fingerprint density at radius 1 is 1.06 bits per heavy atom. The van der Waals surface area contributed by atoms with E-state index < -0.39 is 29.4 Å². The van der Waals surface area contributed by atoms with E-state index in [0.29, 0.717) is 54.0 Å². The Morgan fingerprint density at radius 2 is 1.83 bits per heavy atom. The SMILES string of the molecule is CCOC(=O)[C@@]12CC[C@@H](OC(=O)c3ccccc3)[C@H]3c4c(ccc(OC)c4OC)C(=O)N(CC1)[C@H]32. The fourth-order valence-electron chi connectivity index (χ4n) is 6.20. The monoisotopic (exact) mass is 479 g/mol. The highest BCUT2D eigenvalue weighted by molar-refractivity contribution is 6.00. The van der Waals surface area contributed by atoms with Gasteiger partial charge in [-0.25, -0.2) is 4.79 Å². The van der Waals surface area contributed by atoms with Gasteiger partial charge in [-0.1, -0.05) is 18.2 Å². The van der Waals surface area contributed by atoms with E-state index in [1.807, 2.05) is 6.07 Å². The van der Waals surface area contributed by atoms with E-state index in [1.54, 1.807) is 48.2 Å². The van der Waals surface area contributed by atoms with Crippen LogP contribution in [-0.2, 0) is 14.3 Å². The molecule has 1 saturated heterocycles. The number of nitrogens with zero attached hydrogens (tertiary/aromatic N) is 1.